The SMILES string of the molecule is O=C1[C@@H]2[C@H](C(=O)N1c1ccc(N3C(=O)[C@@H]4[C@@H](C3=O)[C@H]3C=C[C@H]4C3)c(Cl)c1)[C@H]1C=C[C@H]2C1. The summed E-state index contributed by atoms with van der Waals surface area (Å²) in [5.41, 5.74) is 0.730. The van der Waals surface area contributed by atoms with Crippen LogP contribution in [0.25, 0.3) is 0 Å². The Labute approximate surface area is 183 Å². The van der Waals surface area contributed by atoms with E-state index >= 15 is 0 Å². The Hall–Kier alpha value is -2.73. The maximum Gasteiger partial charge on any atom is 0.238 e. The van der Waals surface area contributed by atoms with Crippen LogP contribution in [-0.2, 0) is 19.2 Å². The number of hydrogen-bond donors (Lipinski definition) is 0. The summed E-state index contributed by atoms with van der Waals surface area (Å²) in [6.45, 7) is 0. The van der Waals surface area contributed by atoms with Gasteiger partial charge in [-0.25, -0.2) is 9.80 Å². The number of amides is 4. The van der Waals surface area contributed by atoms with Crippen LogP contribution in [-0.4, -0.2) is 23.6 Å². The fourth-order valence-corrected chi connectivity index (χ4v) is 7.37. The molecule has 31 heavy (non-hydrogen) atoms. The van der Waals surface area contributed by atoms with Gasteiger partial charge in [0.15, 0.2) is 0 Å². The first-order valence-electron chi connectivity index (χ1n) is 10.9. The van der Waals surface area contributed by atoms with Crippen molar-refractivity contribution in [2.45, 2.75) is 12.8 Å². The molecule has 2 saturated heterocycles. The number of anilines is 2. The van der Waals surface area contributed by atoms with Gasteiger partial charge in [0.05, 0.1) is 40.1 Å². The minimum Gasteiger partial charge on any atom is -0.274 e. The molecule has 0 N–H and O–H groups in total. The maximum absolute atomic E-state index is 13.1. The second kappa shape index (κ2) is 5.74. The van der Waals surface area contributed by atoms with Crippen LogP contribution in [0.2, 0.25) is 5.02 Å². The van der Waals surface area contributed by atoms with E-state index in [9.17, 15) is 19.2 Å². The Morgan fingerprint density at radius 1 is 0.645 bits per heavy atom. The molecule has 0 spiro atoms. The lowest BCUT2D eigenvalue weighted by Crippen LogP contribution is -2.34. The van der Waals surface area contributed by atoms with E-state index in [4.69, 9.17) is 11.6 Å². The van der Waals surface area contributed by atoms with E-state index in [0.29, 0.717) is 11.4 Å². The highest BCUT2D eigenvalue weighted by atomic mass is 35.5. The topological polar surface area (TPSA) is 74.8 Å². The molecule has 156 valence electrons. The van der Waals surface area contributed by atoms with Gasteiger partial charge >= 0.3 is 0 Å². The van der Waals surface area contributed by atoms with Gasteiger partial charge in [-0.3, -0.25) is 19.2 Å². The van der Waals surface area contributed by atoms with Crippen molar-refractivity contribution >= 4 is 46.6 Å². The molecule has 2 aliphatic heterocycles. The number of hydrogen-bond acceptors (Lipinski definition) is 4. The van der Waals surface area contributed by atoms with Crippen LogP contribution in [0.1, 0.15) is 12.8 Å². The van der Waals surface area contributed by atoms with Crippen molar-refractivity contribution in [3.63, 3.8) is 0 Å². The molecule has 2 saturated carbocycles. The van der Waals surface area contributed by atoms with Crippen LogP contribution in [0.4, 0.5) is 11.4 Å². The third kappa shape index (κ3) is 2.05. The third-order valence-electron chi connectivity index (χ3n) is 8.37. The number of carbonyl (C=O) groups is 4. The molecule has 1 aromatic carbocycles. The number of allylic oxidation sites excluding steroid dienone is 4. The Morgan fingerprint density at radius 2 is 1.06 bits per heavy atom. The zero-order valence-electron chi connectivity index (χ0n) is 16.5. The molecule has 8 atom stereocenters. The summed E-state index contributed by atoms with van der Waals surface area (Å²) in [7, 11) is 0. The van der Waals surface area contributed by atoms with Gasteiger partial charge in [-0.1, -0.05) is 35.9 Å². The Kier molecular flexibility index (Phi) is 3.31. The fourth-order valence-electron chi connectivity index (χ4n) is 7.11. The minimum atomic E-state index is -0.303. The van der Waals surface area contributed by atoms with Gasteiger partial charge in [0, 0.05) is 0 Å². The number of rotatable bonds is 2. The smallest absolute Gasteiger partial charge is 0.238 e. The molecule has 7 heteroatoms. The third-order valence-corrected chi connectivity index (χ3v) is 8.67. The molecule has 1 aromatic rings. The quantitative estimate of drug-likeness (QED) is 0.530. The van der Waals surface area contributed by atoms with Crippen LogP contribution in [0.15, 0.2) is 42.5 Å². The Balaban J connectivity index is 1.22. The van der Waals surface area contributed by atoms with Crippen LogP contribution < -0.4 is 9.80 Å². The van der Waals surface area contributed by atoms with E-state index in [0.717, 1.165) is 12.8 Å². The number of nitrogens with zero attached hydrogens (tertiary/aromatic N) is 2. The molecule has 4 amide bonds. The van der Waals surface area contributed by atoms with E-state index in [1.54, 1.807) is 12.1 Å². The first-order valence-corrected chi connectivity index (χ1v) is 11.3. The minimum absolute atomic E-state index is 0.123. The molecule has 0 aromatic heterocycles. The van der Waals surface area contributed by atoms with Crippen molar-refractivity contribution in [2.24, 2.45) is 47.3 Å². The molecule has 4 aliphatic carbocycles. The highest BCUT2D eigenvalue weighted by Crippen LogP contribution is 2.55. The second-order valence-electron chi connectivity index (χ2n) is 9.66. The van der Waals surface area contributed by atoms with Gasteiger partial charge in [0.2, 0.25) is 23.6 Å². The Bertz CT molecular complexity index is 1110. The summed E-state index contributed by atoms with van der Waals surface area (Å²) in [5.74, 6) is -1.43. The predicted molar refractivity (Wildman–Crippen MR) is 112 cm³/mol. The van der Waals surface area contributed by atoms with Crippen molar-refractivity contribution in [2.75, 3.05) is 9.80 Å². The van der Waals surface area contributed by atoms with Gasteiger partial charge in [-0.2, -0.15) is 0 Å². The van der Waals surface area contributed by atoms with E-state index in [2.05, 4.69) is 24.3 Å². The normalized spacial score (nSPS) is 41.3. The molecule has 6 aliphatic rings. The molecule has 0 radical (unpaired) electrons. The summed E-state index contributed by atoms with van der Waals surface area (Å²) in [5, 5.41) is 0.193. The number of benzene rings is 1. The highest BCUT2D eigenvalue weighted by Gasteiger charge is 2.61. The standard InChI is InChI=1S/C24H19ClN2O4/c25-15-9-14(26-21(28)17-10-1-2-11(7-10)18(17)22(26)29)5-6-16(15)27-23(30)19-12-3-4-13(8-12)20(19)24(27)31/h1-6,9-13,17-20H,7-8H2/t10-,11-,12-,13-,17-,18+,19-,20-/m0/s1. The van der Waals surface area contributed by atoms with Crippen molar-refractivity contribution in [1.82, 2.24) is 0 Å². The summed E-state index contributed by atoms with van der Waals surface area (Å²) in [4.78, 5) is 54.7. The average Bonchev–Trinajstić information content (AvgIpc) is 3.56. The summed E-state index contributed by atoms with van der Waals surface area (Å²) >= 11 is 6.53. The van der Waals surface area contributed by atoms with Crippen molar-refractivity contribution in [3.8, 4) is 0 Å². The molecular formula is C24H19ClN2O4. The van der Waals surface area contributed by atoms with E-state index < -0.39 is 0 Å². The average molecular weight is 435 g/mol. The lowest BCUT2D eigenvalue weighted by Gasteiger charge is -2.21. The van der Waals surface area contributed by atoms with Gasteiger partial charge in [-0.05, 0) is 54.7 Å². The molecule has 7 rings (SSSR count). The molecule has 4 bridgehead atoms. The van der Waals surface area contributed by atoms with E-state index in [1.165, 1.54) is 15.9 Å². The maximum atomic E-state index is 13.1. The first-order chi connectivity index (χ1) is 15.0. The lowest BCUT2D eigenvalue weighted by molar-refractivity contribution is -0.124. The second-order valence-corrected chi connectivity index (χ2v) is 10.1. The van der Waals surface area contributed by atoms with E-state index in [-0.39, 0.29) is 76.0 Å². The molecule has 2 heterocycles. The lowest BCUT2D eigenvalue weighted by atomic mass is 9.85. The number of halogens is 1. The number of imide groups is 2. The van der Waals surface area contributed by atoms with E-state index in [1.807, 2.05) is 0 Å². The van der Waals surface area contributed by atoms with Crippen molar-refractivity contribution in [1.29, 1.82) is 0 Å². The van der Waals surface area contributed by atoms with Crippen LogP contribution in [0.3, 0.4) is 0 Å². The fraction of sp³-hybridized carbons (Fsp3) is 0.417. The van der Waals surface area contributed by atoms with Gasteiger partial charge in [0.25, 0.3) is 0 Å². The summed E-state index contributed by atoms with van der Waals surface area (Å²) in [6.07, 6.45) is 9.95. The largest absolute Gasteiger partial charge is 0.274 e. The predicted octanol–water partition coefficient (Wildman–Crippen LogP) is 2.96. The molecule has 0 unspecified atom stereocenters. The first kappa shape index (κ1) is 17.9. The summed E-state index contributed by atoms with van der Waals surface area (Å²) in [6, 6.07) is 4.74. The number of fused-ring (bicyclic) bond motifs is 10. The molecule has 4 fully saturated rings. The summed E-state index contributed by atoms with van der Waals surface area (Å²) < 4.78 is 0. The molecular weight excluding hydrogens is 416 g/mol. The zero-order valence-corrected chi connectivity index (χ0v) is 17.2. The Morgan fingerprint density at radius 3 is 1.48 bits per heavy atom. The van der Waals surface area contributed by atoms with Crippen molar-refractivity contribution < 1.29 is 19.2 Å². The monoisotopic (exact) mass is 434 g/mol. The molecule has 6 nitrogen and oxygen atoms in total. The van der Waals surface area contributed by atoms with Gasteiger partial charge < -0.3 is 0 Å². The van der Waals surface area contributed by atoms with Gasteiger partial charge in [0.1, 0.15) is 0 Å². The van der Waals surface area contributed by atoms with Gasteiger partial charge in [-0.15, -0.1) is 0 Å². The van der Waals surface area contributed by atoms with Crippen molar-refractivity contribution in [3.05, 3.63) is 47.5 Å². The zero-order chi connectivity index (χ0) is 21.2. The van der Waals surface area contributed by atoms with Crippen LogP contribution >= 0.6 is 11.6 Å². The highest BCUT2D eigenvalue weighted by molar-refractivity contribution is 6.37. The number of carbonyl (C=O) groups excluding carboxylic acids is 4. The van der Waals surface area contributed by atoms with Crippen LogP contribution in [0.5, 0.6) is 0 Å². The van der Waals surface area contributed by atoms with Crippen LogP contribution in [0, 0.1) is 47.3 Å².